The second-order valence-corrected chi connectivity index (χ2v) is 6.24. The summed E-state index contributed by atoms with van der Waals surface area (Å²) < 4.78 is 5.98. The maximum absolute atomic E-state index is 12.0. The second-order valence-electron chi connectivity index (χ2n) is 5.80. The molecule has 1 aromatic rings. The van der Waals surface area contributed by atoms with Crippen LogP contribution in [0.4, 0.5) is 0 Å². The van der Waals surface area contributed by atoms with Crippen molar-refractivity contribution in [1.82, 2.24) is 10.6 Å². The molecule has 1 aliphatic heterocycles. The molecule has 2 N–H and O–H groups in total. The largest absolute Gasteiger partial charge is 0.480 e. The van der Waals surface area contributed by atoms with Gasteiger partial charge in [0.25, 0.3) is 5.91 Å². The summed E-state index contributed by atoms with van der Waals surface area (Å²) in [5.41, 5.74) is 1.02. The molecule has 5 heteroatoms. The molecule has 3 rings (SSSR count). The number of rotatable bonds is 5. The quantitative estimate of drug-likeness (QED) is 0.879. The minimum Gasteiger partial charge on any atom is -0.480 e. The van der Waals surface area contributed by atoms with Crippen LogP contribution in [0.2, 0.25) is 5.02 Å². The smallest absolute Gasteiger partial charge is 0.261 e. The van der Waals surface area contributed by atoms with Crippen LogP contribution < -0.4 is 15.4 Å². The summed E-state index contributed by atoms with van der Waals surface area (Å²) >= 11 is 6.08. The Morgan fingerprint density at radius 2 is 2.14 bits per heavy atom. The lowest BCUT2D eigenvalue weighted by Gasteiger charge is -2.19. The summed E-state index contributed by atoms with van der Waals surface area (Å²) in [5.74, 6) is 0.748. The van der Waals surface area contributed by atoms with E-state index >= 15 is 0 Å². The van der Waals surface area contributed by atoms with E-state index < -0.39 is 6.10 Å². The van der Waals surface area contributed by atoms with Crippen molar-refractivity contribution < 1.29 is 9.53 Å². The molecule has 0 spiro atoms. The molecule has 1 heterocycles. The number of carbonyl (C=O) groups is 1. The van der Waals surface area contributed by atoms with Gasteiger partial charge in [-0.15, -0.1) is 0 Å². The third kappa shape index (κ3) is 4.11. The van der Waals surface area contributed by atoms with E-state index in [1.54, 1.807) is 0 Å². The molecular formula is C16H21ClN2O2. The topological polar surface area (TPSA) is 50.4 Å². The molecular weight excluding hydrogens is 288 g/mol. The van der Waals surface area contributed by atoms with Crippen LogP contribution in [0.15, 0.2) is 18.2 Å². The molecule has 21 heavy (non-hydrogen) atoms. The van der Waals surface area contributed by atoms with Crippen molar-refractivity contribution in [3.63, 3.8) is 0 Å². The maximum Gasteiger partial charge on any atom is 0.261 e. The summed E-state index contributed by atoms with van der Waals surface area (Å²) in [6.45, 7) is 1.48. The van der Waals surface area contributed by atoms with Crippen LogP contribution in [0.5, 0.6) is 5.75 Å². The fourth-order valence-corrected chi connectivity index (χ4v) is 2.71. The molecule has 1 atom stereocenters. The third-order valence-corrected chi connectivity index (χ3v) is 4.17. The fraction of sp³-hybridized carbons (Fsp3) is 0.562. The van der Waals surface area contributed by atoms with Crippen LogP contribution in [0, 0.1) is 0 Å². The van der Waals surface area contributed by atoms with Gasteiger partial charge in [-0.25, -0.2) is 0 Å². The Hall–Kier alpha value is -1.26. The molecule has 1 unspecified atom stereocenters. The van der Waals surface area contributed by atoms with Gasteiger partial charge in [-0.05, 0) is 50.3 Å². The highest BCUT2D eigenvalue weighted by molar-refractivity contribution is 6.30. The predicted molar refractivity (Wildman–Crippen MR) is 82.6 cm³/mol. The van der Waals surface area contributed by atoms with Crippen LogP contribution in [0.3, 0.4) is 0 Å². The van der Waals surface area contributed by atoms with Gasteiger partial charge in [0.05, 0.1) is 0 Å². The molecule has 0 aromatic heterocycles. The van der Waals surface area contributed by atoms with Crippen molar-refractivity contribution in [3.05, 3.63) is 28.8 Å². The average Bonchev–Trinajstić information content (AvgIpc) is 3.29. The first-order valence-electron chi connectivity index (χ1n) is 7.68. The zero-order valence-electron chi connectivity index (χ0n) is 12.0. The summed E-state index contributed by atoms with van der Waals surface area (Å²) in [5, 5.41) is 7.06. The van der Waals surface area contributed by atoms with Gasteiger partial charge in [0.1, 0.15) is 5.75 Å². The molecule has 1 saturated carbocycles. The monoisotopic (exact) mass is 308 g/mol. The van der Waals surface area contributed by atoms with Crippen molar-refractivity contribution in [2.75, 3.05) is 6.54 Å². The Balaban J connectivity index is 1.71. The molecule has 0 bridgehead atoms. The first-order chi connectivity index (χ1) is 10.2. The lowest BCUT2D eigenvalue weighted by molar-refractivity contribution is -0.127. The first kappa shape index (κ1) is 14.7. The highest BCUT2D eigenvalue weighted by atomic mass is 35.5. The van der Waals surface area contributed by atoms with Crippen LogP contribution in [0.25, 0.3) is 0 Å². The summed E-state index contributed by atoms with van der Waals surface area (Å²) in [7, 11) is 0. The lowest BCUT2D eigenvalue weighted by atomic mass is 10.1. The molecule has 4 nitrogen and oxygen atoms in total. The number of carbonyl (C=O) groups excluding carboxylic acids is 1. The molecule has 1 aromatic carbocycles. The Kier molecular flexibility index (Phi) is 4.66. The van der Waals surface area contributed by atoms with Gasteiger partial charge < -0.3 is 15.4 Å². The van der Waals surface area contributed by atoms with Crippen LogP contribution in [0.1, 0.15) is 37.7 Å². The van der Waals surface area contributed by atoms with E-state index in [1.165, 1.54) is 12.8 Å². The Morgan fingerprint density at radius 3 is 2.95 bits per heavy atom. The van der Waals surface area contributed by atoms with Crippen molar-refractivity contribution >= 4 is 17.5 Å². The highest BCUT2D eigenvalue weighted by Crippen LogP contribution is 2.27. The SMILES string of the molecule is O=C1NCCCCC1Oc1ccc(Cl)cc1CNC1CC1. The third-order valence-electron chi connectivity index (χ3n) is 3.94. The van der Waals surface area contributed by atoms with E-state index in [-0.39, 0.29) is 5.91 Å². The van der Waals surface area contributed by atoms with Gasteiger partial charge in [-0.2, -0.15) is 0 Å². The molecule has 114 valence electrons. The molecule has 1 saturated heterocycles. The summed E-state index contributed by atoms with van der Waals surface area (Å²) in [4.78, 5) is 12.0. The summed E-state index contributed by atoms with van der Waals surface area (Å²) in [6.07, 6.45) is 4.87. The number of ether oxygens (including phenoxy) is 1. The minimum atomic E-state index is -0.395. The zero-order valence-corrected chi connectivity index (χ0v) is 12.8. The number of amides is 1. The van der Waals surface area contributed by atoms with E-state index in [0.29, 0.717) is 11.1 Å². The first-order valence-corrected chi connectivity index (χ1v) is 8.06. The molecule has 1 amide bonds. The second kappa shape index (κ2) is 6.67. The van der Waals surface area contributed by atoms with Gasteiger partial charge in [0.2, 0.25) is 0 Å². The van der Waals surface area contributed by atoms with Crippen molar-refractivity contribution in [1.29, 1.82) is 0 Å². The van der Waals surface area contributed by atoms with Crippen molar-refractivity contribution in [3.8, 4) is 5.75 Å². The number of hydrogen-bond acceptors (Lipinski definition) is 3. The lowest BCUT2D eigenvalue weighted by Crippen LogP contribution is -2.36. The van der Waals surface area contributed by atoms with E-state index in [2.05, 4.69) is 10.6 Å². The molecule has 2 aliphatic rings. The van der Waals surface area contributed by atoms with Gasteiger partial charge in [0, 0.05) is 29.7 Å². The van der Waals surface area contributed by atoms with E-state index in [0.717, 1.165) is 43.7 Å². The zero-order chi connectivity index (χ0) is 14.7. The summed E-state index contributed by atoms with van der Waals surface area (Å²) in [6, 6.07) is 6.22. The normalized spacial score (nSPS) is 22.5. The van der Waals surface area contributed by atoms with E-state index in [4.69, 9.17) is 16.3 Å². The Bertz CT molecular complexity index is 517. The molecule has 2 fully saturated rings. The average molecular weight is 309 g/mol. The molecule has 1 aliphatic carbocycles. The van der Waals surface area contributed by atoms with Crippen LogP contribution in [-0.2, 0) is 11.3 Å². The van der Waals surface area contributed by atoms with E-state index in [1.807, 2.05) is 18.2 Å². The fourth-order valence-electron chi connectivity index (χ4n) is 2.52. The molecule has 0 radical (unpaired) electrons. The minimum absolute atomic E-state index is 0.0106. The van der Waals surface area contributed by atoms with Crippen LogP contribution in [-0.4, -0.2) is 24.6 Å². The van der Waals surface area contributed by atoms with Gasteiger partial charge >= 0.3 is 0 Å². The number of halogens is 1. The van der Waals surface area contributed by atoms with Gasteiger partial charge in [-0.3, -0.25) is 4.79 Å². The Labute approximate surface area is 130 Å². The standard InChI is InChI=1S/C16H21ClN2O2/c17-12-4-7-14(11(9-12)10-19-13-5-6-13)21-15-3-1-2-8-18-16(15)20/h4,7,9,13,15,19H,1-3,5-6,8,10H2,(H,18,20). The van der Waals surface area contributed by atoms with E-state index in [9.17, 15) is 4.79 Å². The van der Waals surface area contributed by atoms with Gasteiger partial charge in [0.15, 0.2) is 6.10 Å². The highest BCUT2D eigenvalue weighted by Gasteiger charge is 2.24. The number of benzene rings is 1. The van der Waals surface area contributed by atoms with Crippen molar-refractivity contribution in [2.45, 2.75) is 50.8 Å². The van der Waals surface area contributed by atoms with Gasteiger partial charge in [-0.1, -0.05) is 11.6 Å². The Morgan fingerprint density at radius 1 is 1.29 bits per heavy atom. The van der Waals surface area contributed by atoms with Crippen LogP contribution >= 0.6 is 11.6 Å². The van der Waals surface area contributed by atoms with Crippen molar-refractivity contribution in [2.24, 2.45) is 0 Å². The predicted octanol–water partition coefficient (Wildman–Crippen LogP) is 2.64. The number of hydrogen-bond donors (Lipinski definition) is 2. The maximum atomic E-state index is 12.0. The number of nitrogens with one attached hydrogen (secondary N) is 2.